The number of ether oxygens (including phenoxy) is 1. The Balaban J connectivity index is 0.00000264. The lowest BCUT2D eigenvalue weighted by Crippen LogP contribution is -2.41. The van der Waals surface area contributed by atoms with Crippen LogP contribution < -0.4 is 5.73 Å². The van der Waals surface area contributed by atoms with Gasteiger partial charge in [0.1, 0.15) is 6.04 Å². The molecule has 1 atom stereocenters. The van der Waals surface area contributed by atoms with Gasteiger partial charge >= 0.3 is 5.97 Å². The number of nitrogens with zero attached hydrogens (tertiary/aromatic N) is 1. The molecule has 1 fully saturated rings. The van der Waals surface area contributed by atoms with Crippen molar-refractivity contribution in [2.75, 3.05) is 14.2 Å². The summed E-state index contributed by atoms with van der Waals surface area (Å²) in [6.07, 6.45) is 3.50. The zero-order valence-corrected chi connectivity index (χ0v) is 14.5. The number of benzene rings is 1. The monoisotopic (exact) mass is 340 g/mol. The first kappa shape index (κ1) is 19.5. The molecule has 1 aliphatic carbocycles. The number of esters is 1. The van der Waals surface area contributed by atoms with Gasteiger partial charge in [0.2, 0.25) is 5.91 Å². The Bertz CT molecular complexity index is 532. The van der Waals surface area contributed by atoms with Gasteiger partial charge in [-0.25, -0.2) is 0 Å². The lowest BCUT2D eigenvalue weighted by atomic mass is 10.0. The second-order valence-corrected chi connectivity index (χ2v) is 6.01. The van der Waals surface area contributed by atoms with Gasteiger partial charge in [0.25, 0.3) is 0 Å². The molecule has 0 aliphatic heterocycles. The van der Waals surface area contributed by atoms with Crippen molar-refractivity contribution in [2.45, 2.75) is 43.7 Å². The SMILES string of the molecule is COC(=O)[C@@H](N)CCC(=O)N(C)C1(Cc2ccccc2)CC1.Cl. The van der Waals surface area contributed by atoms with E-state index in [1.807, 2.05) is 30.1 Å². The Kier molecular flexibility index (Phi) is 7.03. The third-order valence-corrected chi connectivity index (χ3v) is 4.46. The molecule has 1 aromatic rings. The van der Waals surface area contributed by atoms with E-state index in [4.69, 9.17) is 5.73 Å². The van der Waals surface area contributed by atoms with Crippen molar-refractivity contribution in [2.24, 2.45) is 5.73 Å². The van der Waals surface area contributed by atoms with Crippen LogP contribution in [-0.2, 0) is 20.7 Å². The molecule has 0 radical (unpaired) electrons. The topological polar surface area (TPSA) is 72.6 Å². The molecule has 6 heteroatoms. The van der Waals surface area contributed by atoms with Crippen LogP contribution in [0.3, 0.4) is 0 Å². The van der Waals surface area contributed by atoms with Crippen LogP contribution in [0.25, 0.3) is 0 Å². The summed E-state index contributed by atoms with van der Waals surface area (Å²) in [6, 6.07) is 9.47. The van der Waals surface area contributed by atoms with Crippen molar-refractivity contribution in [3.8, 4) is 0 Å². The van der Waals surface area contributed by atoms with E-state index in [0.29, 0.717) is 6.42 Å². The predicted octanol–water partition coefficient (Wildman–Crippen LogP) is 1.92. The average Bonchev–Trinajstić information content (AvgIpc) is 3.32. The number of nitrogens with two attached hydrogens (primary N) is 1. The van der Waals surface area contributed by atoms with Crippen molar-refractivity contribution < 1.29 is 14.3 Å². The van der Waals surface area contributed by atoms with Crippen LogP contribution in [0, 0.1) is 0 Å². The number of hydrogen-bond donors (Lipinski definition) is 1. The molecule has 1 saturated carbocycles. The van der Waals surface area contributed by atoms with E-state index >= 15 is 0 Å². The Morgan fingerprint density at radius 2 is 1.91 bits per heavy atom. The number of methoxy groups -OCH3 is 1. The van der Waals surface area contributed by atoms with Gasteiger partial charge in [-0.05, 0) is 31.2 Å². The minimum absolute atomic E-state index is 0. The maximum atomic E-state index is 12.4. The average molecular weight is 341 g/mol. The van der Waals surface area contributed by atoms with Crippen molar-refractivity contribution in [1.29, 1.82) is 0 Å². The third-order valence-electron chi connectivity index (χ3n) is 4.46. The van der Waals surface area contributed by atoms with Crippen LogP contribution in [0.2, 0.25) is 0 Å². The molecule has 23 heavy (non-hydrogen) atoms. The first-order valence-electron chi connectivity index (χ1n) is 7.62. The van der Waals surface area contributed by atoms with Gasteiger partial charge in [0.15, 0.2) is 0 Å². The number of carbonyl (C=O) groups excluding carboxylic acids is 2. The summed E-state index contributed by atoms with van der Waals surface area (Å²) in [4.78, 5) is 25.5. The molecule has 1 aliphatic rings. The zero-order valence-electron chi connectivity index (χ0n) is 13.7. The van der Waals surface area contributed by atoms with Gasteiger partial charge < -0.3 is 15.4 Å². The highest BCUT2D eigenvalue weighted by Gasteiger charge is 2.48. The highest BCUT2D eigenvalue weighted by molar-refractivity contribution is 5.85. The fourth-order valence-corrected chi connectivity index (χ4v) is 2.73. The molecule has 1 amide bonds. The van der Waals surface area contributed by atoms with Gasteiger partial charge in [-0.3, -0.25) is 9.59 Å². The van der Waals surface area contributed by atoms with Gasteiger partial charge in [0, 0.05) is 19.0 Å². The summed E-state index contributed by atoms with van der Waals surface area (Å²) in [5.74, 6) is -0.436. The molecule has 2 N–H and O–H groups in total. The molecule has 0 saturated heterocycles. The summed E-state index contributed by atoms with van der Waals surface area (Å²) >= 11 is 0. The summed E-state index contributed by atoms with van der Waals surface area (Å²) in [6.45, 7) is 0. The predicted molar refractivity (Wildman–Crippen MR) is 91.4 cm³/mol. The largest absolute Gasteiger partial charge is 0.468 e. The maximum Gasteiger partial charge on any atom is 0.322 e. The maximum absolute atomic E-state index is 12.4. The molecular weight excluding hydrogens is 316 g/mol. The van der Waals surface area contributed by atoms with Crippen LogP contribution in [-0.4, -0.2) is 42.5 Å². The molecular formula is C17H25ClN2O3. The lowest BCUT2D eigenvalue weighted by Gasteiger charge is -2.29. The summed E-state index contributed by atoms with van der Waals surface area (Å²) < 4.78 is 4.57. The fourth-order valence-electron chi connectivity index (χ4n) is 2.73. The Morgan fingerprint density at radius 3 is 2.43 bits per heavy atom. The van der Waals surface area contributed by atoms with Crippen LogP contribution in [0.15, 0.2) is 30.3 Å². The van der Waals surface area contributed by atoms with Gasteiger partial charge in [0.05, 0.1) is 7.11 Å². The van der Waals surface area contributed by atoms with Crippen molar-refractivity contribution in [3.05, 3.63) is 35.9 Å². The van der Waals surface area contributed by atoms with Gasteiger partial charge in [-0.2, -0.15) is 0 Å². The van der Waals surface area contributed by atoms with E-state index in [1.165, 1.54) is 12.7 Å². The molecule has 5 nitrogen and oxygen atoms in total. The smallest absolute Gasteiger partial charge is 0.322 e. The third kappa shape index (κ3) is 4.94. The second kappa shape index (κ2) is 8.31. The molecule has 0 aromatic heterocycles. The van der Waals surface area contributed by atoms with E-state index in [1.54, 1.807) is 0 Å². The zero-order chi connectivity index (χ0) is 16.2. The lowest BCUT2D eigenvalue weighted by molar-refractivity contribution is -0.142. The Morgan fingerprint density at radius 1 is 1.30 bits per heavy atom. The van der Waals surface area contributed by atoms with E-state index < -0.39 is 12.0 Å². The quantitative estimate of drug-likeness (QED) is 0.770. The highest BCUT2D eigenvalue weighted by atomic mass is 35.5. The summed E-state index contributed by atoms with van der Waals surface area (Å²) in [7, 11) is 3.15. The summed E-state index contributed by atoms with van der Waals surface area (Å²) in [5.41, 5.74) is 6.86. The van der Waals surface area contributed by atoms with E-state index in [0.717, 1.165) is 19.3 Å². The first-order valence-corrected chi connectivity index (χ1v) is 7.62. The van der Waals surface area contributed by atoms with Gasteiger partial charge in [-0.15, -0.1) is 12.4 Å². The standard InChI is InChI=1S/C17H24N2O3.ClH/c1-19(15(20)9-8-14(18)16(21)22-2)17(10-11-17)12-13-6-4-3-5-7-13;/h3-7,14H,8-12,18H2,1-2H3;1H/t14-;/m0./s1. The van der Waals surface area contributed by atoms with Crippen molar-refractivity contribution >= 4 is 24.3 Å². The first-order chi connectivity index (χ1) is 10.5. The van der Waals surface area contributed by atoms with Crippen molar-refractivity contribution in [3.63, 3.8) is 0 Å². The number of rotatable bonds is 7. The van der Waals surface area contributed by atoms with E-state index in [9.17, 15) is 9.59 Å². The molecule has 0 bridgehead atoms. The fraction of sp³-hybridized carbons (Fsp3) is 0.529. The van der Waals surface area contributed by atoms with E-state index in [2.05, 4.69) is 16.9 Å². The Hall–Kier alpha value is -1.59. The van der Waals surface area contributed by atoms with Crippen LogP contribution in [0.4, 0.5) is 0 Å². The van der Waals surface area contributed by atoms with E-state index in [-0.39, 0.29) is 30.3 Å². The van der Waals surface area contributed by atoms with Gasteiger partial charge in [-0.1, -0.05) is 30.3 Å². The number of amides is 1. The second-order valence-electron chi connectivity index (χ2n) is 6.01. The number of hydrogen-bond acceptors (Lipinski definition) is 4. The summed E-state index contributed by atoms with van der Waals surface area (Å²) in [5, 5.41) is 0. The minimum Gasteiger partial charge on any atom is -0.468 e. The highest BCUT2D eigenvalue weighted by Crippen LogP contribution is 2.44. The number of halogens is 1. The molecule has 2 rings (SSSR count). The minimum atomic E-state index is -0.730. The van der Waals surface area contributed by atoms with Crippen LogP contribution in [0.5, 0.6) is 0 Å². The molecule has 128 valence electrons. The molecule has 0 heterocycles. The Labute approximate surface area is 143 Å². The normalized spacial score (nSPS) is 16.0. The molecule has 1 aromatic carbocycles. The molecule has 0 unspecified atom stereocenters. The van der Waals surface area contributed by atoms with Crippen molar-refractivity contribution in [1.82, 2.24) is 4.90 Å². The van der Waals surface area contributed by atoms with Crippen LogP contribution in [0.1, 0.15) is 31.2 Å². The number of carbonyl (C=O) groups is 2. The number of likely N-dealkylation sites (N-methyl/N-ethyl adjacent to an activating group) is 1. The van der Waals surface area contributed by atoms with Crippen LogP contribution >= 0.6 is 12.4 Å². The molecule has 0 spiro atoms.